The van der Waals surface area contributed by atoms with Gasteiger partial charge in [0.1, 0.15) is 10.6 Å². The fourth-order valence-electron chi connectivity index (χ4n) is 3.05. The van der Waals surface area contributed by atoms with Gasteiger partial charge in [0.15, 0.2) is 0 Å². The van der Waals surface area contributed by atoms with Gasteiger partial charge in [0.25, 0.3) is 5.56 Å². The molecule has 1 N–H and O–H groups in total. The Labute approximate surface area is 148 Å². The third-order valence-electron chi connectivity index (χ3n) is 4.26. The maximum atomic E-state index is 12.8. The van der Waals surface area contributed by atoms with E-state index in [1.165, 1.54) is 23.3 Å². The second-order valence-electron chi connectivity index (χ2n) is 5.71. The number of aromatic carboxylic acids is 1. The lowest BCUT2D eigenvalue weighted by Crippen LogP contribution is -2.38. The Balaban J connectivity index is 2.26. The number of thioether (sulfide) groups is 1. The van der Waals surface area contributed by atoms with Crippen molar-refractivity contribution in [3.8, 4) is 5.69 Å². The second-order valence-corrected chi connectivity index (χ2v) is 6.51. The van der Waals surface area contributed by atoms with Crippen LogP contribution in [0.5, 0.6) is 0 Å². The van der Waals surface area contributed by atoms with Gasteiger partial charge in [0.05, 0.1) is 5.69 Å². The van der Waals surface area contributed by atoms with Crippen LogP contribution >= 0.6 is 11.8 Å². The first kappa shape index (κ1) is 17.2. The Morgan fingerprint density at radius 2 is 2.12 bits per heavy atom. The van der Waals surface area contributed by atoms with Gasteiger partial charge in [-0.05, 0) is 35.9 Å². The summed E-state index contributed by atoms with van der Waals surface area (Å²) in [6.45, 7) is 2.18. The molecule has 2 aromatic rings. The number of carbonyl (C=O) groups is 2. The Bertz CT molecular complexity index is 923. The van der Waals surface area contributed by atoms with E-state index in [-0.39, 0.29) is 11.5 Å². The molecule has 3 rings (SSSR count). The van der Waals surface area contributed by atoms with Crippen LogP contribution in [0.2, 0.25) is 0 Å². The molecule has 1 amide bonds. The second kappa shape index (κ2) is 6.72. The molecule has 0 fully saturated rings. The van der Waals surface area contributed by atoms with Crippen molar-refractivity contribution in [1.82, 2.24) is 14.5 Å². The molecule has 8 heteroatoms. The highest BCUT2D eigenvalue weighted by atomic mass is 32.2. The van der Waals surface area contributed by atoms with Crippen LogP contribution in [0.25, 0.3) is 5.69 Å². The average Bonchev–Trinajstić information content (AvgIpc) is 2.60. The summed E-state index contributed by atoms with van der Waals surface area (Å²) in [6.07, 6.45) is 5.45. The van der Waals surface area contributed by atoms with Gasteiger partial charge in [-0.1, -0.05) is 0 Å². The summed E-state index contributed by atoms with van der Waals surface area (Å²) in [5, 5.41) is 10.2. The minimum Gasteiger partial charge on any atom is -0.477 e. The number of carbonyl (C=O) groups excluding carboxylic acids is 1. The molecule has 25 heavy (non-hydrogen) atoms. The lowest BCUT2D eigenvalue weighted by molar-refractivity contribution is -0.129. The van der Waals surface area contributed by atoms with Crippen LogP contribution in [0.4, 0.5) is 0 Å². The topological polar surface area (TPSA) is 92.5 Å². The molecule has 130 valence electrons. The number of carboxylic acid groups (broad SMARTS) is 1. The highest BCUT2D eigenvalue weighted by Gasteiger charge is 2.27. The molecule has 0 bridgehead atoms. The predicted molar refractivity (Wildman–Crippen MR) is 93.4 cm³/mol. The third-order valence-corrected chi connectivity index (χ3v) is 4.96. The number of fused-ring (bicyclic) bond motifs is 1. The number of pyridine rings is 2. The van der Waals surface area contributed by atoms with Crippen molar-refractivity contribution in [2.24, 2.45) is 0 Å². The van der Waals surface area contributed by atoms with Crippen LogP contribution < -0.4 is 5.56 Å². The summed E-state index contributed by atoms with van der Waals surface area (Å²) in [7, 11) is 0. The quantitative estimate of drug-likeness (QED) is 0.836. The highest BCUT2D eigenvalue weighted by molar-refractivity contribution is 7.98. The largest absolute Gasteiger partial charge is 0.477 e. The minimum absolute atomic E-state index is 0.0774. The van der Waals surface area contributed by atoms with Crippen LogP contribution in [-0.4, -0.2) is 44.2 Å². The highest BCUT2D eigenvalue weighted by Crippen LogP contribution is 2.25. The Kier molecular flexibility index (Phi) is 4.63. The minimum atomic E-state index is -1.25. The van der Waals surface area contributed by atoms with E-state index in [0.717, 1.165) is 0 Å². The van der Waals surface area contributed by atoms with Crippen molar-refractivity contribution in [3.05, 3.63) is 51.6 Å². The van der Waals surface area contributed by atoms with Crippen LogP contribution in [0, 0.1) is 0 Å². The van der Waals surface area contributed by atoms with Crippen molar-refractivity contribution in [3.63, 3.8) is 0 Å². The van der Waals surface area contributed by atoms with Gasteiger partial charge in [0, 0.05) is 32.4 Å². The van der Waals surface area contributed by atoms with E-state index in [1.807, 2.05) is 6.26 Å². The Morgan fingerprint density at radius 3 is 2.76 bits per heavy atom. The first-order chi connectivity index (χ1) is 11.9. The van der Waals surface area contributed by atoms with Crippen LogP contribution in [0.1, 0.15) is 28.4 Å². The van der Waals surface area contributed by atoms with E-state index >= 15 is 0 Å². The molecule has 0 aromatic carbocycles. The maximum absolute atomic E-state index is 12.8. The van der Waals surface area contributed by atoms with E-state index in [4.69, 9.17) is 0 Å². The number of carboxylic acids is 1. The number of hydrogen-bond acceptors (Lipinski definition) is 5. The molecule has 7 nitrogen and oxygen atoms in total. The zero-order chi connectivity index (χ0) is 18.1. The van der Waals surface area contributed by atoms with E-state index in [9.17, 15) is 19.5 Å². The fraction of sp³-hybridized carbons (Fsp3) is 0.294. The summed E-state index contributed by atoms with van der Waals surface area (Å²) in [4.78, 5) is 42.1. The number of rotatable bonds is 3. The molecule has 1 aliphatic rings. The normalized spacial score (nSPS) is 13.4. The van der Waals surface area contributed by atoms with Gasteiger partial charge in [-0.15, -0.1) is 11.8 Å². The maximum Gasteiger partial charge on any atom is 0.341 e. The third kappa shape index (κ3) is 3.05. The van der Waals surface area contributed by atoms with Gasteiger partial charge >= 0.3 is 5.97 Å². The van der Waals surface area contributed by atoms with Gasteiger partial charge in [-0.3, -0.25) is 14.2 Å². The molecule has 0 saturated heterocycles. The van der Waals surface area contributed by atoms with Crippen molar-refractivity contribution in [1.29, 1.82) is 0 Å². The first-order valence-electron chi connectivity index (χ1n) is 7.69. The fourth-order valence-corrected chi connectivity index (χ4v) is 3.59. The van der Waals surface area contributed by atoms with Crippen LogP contribution in [0.3, 0.4) is 0 Å². The van der Waals surface area contributed by atoms with Gasteiger partial charge in [-0.2, -0.15) is 0 Å². The van der Waals surface area contributed by atoms with Crippen LogP contribution in [0.15, 0.2) is 34.3 Å². The monoisotopic (exact) mass is 359 g/mol. The van der Waals surface area contributed by atoms with Gasteiger partial charge in [0.2, 0.25) is 5.91 Å². The average molecular weight is 359 g/mol. The number of amides is 1. The van der Waals surface area contributed by atoms with E-state index in [1.54, 1.807) is 29.4 Å². The molecule has 0 aliphatic carbocycles. The molecule has 3 heterocycles. The van der Waals surface area contributed by atoms with Gasteiger partial charge < -0.3 is 10.0 Å². The molecular formula is C17H17N3O4S. The summed E-state index contributed by atoms with van der Waals surface area (Å²) in [5.41, 5.74) is 0.919. The number of aromatic nitrogens is 2. The molecule has 0 unspecified atom stereocenters. The summed E-state index contributed by atoms with van der Waals surface area (Å²) in [5.74, 6) is -1.33. The molecule has 1 aliphatic heterocycles. The van der Waals surface area contributed by atoms with Crippen molar-refractivity contribution in [2.75, 3.05) is 12.8 Å². The Morgan fingerprint density at radius 1 is 1.36 bits per heavy atom. The molecular weight excluding hydrogens is 342 g/mol. The zero-order valence-corrected chi connectivity index (χ0v) is 14.7. The van der Waals surface area contributed by atoms with Crippen molar-refractivity contribution in [2.45, 2.75) is 24.9 Å². The number of hydrogen-bond donors (Lipinski definition) is 1. The predicted octanol–water partition coefficient (Wildman–Crippen LogP) is 1.56. The van der Waals surface area contributed by atoms with Crippen LogP contribution in [-0.2, 0) is 17.8 Å². The van der Waals surface area contributed by atoms with E-state index in [0.29, 0.717) is 41.4 Å². The molecule has 0 radical (unpaired) electrons. The SMILES string of the molecule is CSc1ncccc1-n1cc2c(c(C(=O)O)c1=O)CCN(C(C)=O)C2. The van der Waals surface area contributed by atoms with E-state index in [2.05, 4.69) is 4.98 Å². The Hall–Kier alpha value is -2.61. The molecule has 2 aromatic heterocycles. The zero-order valence-electron chi connectivity index (χ0n) is 13.9. The lowest BCUT2D eigenvalue weighted by atomic mass is 9.96. The van der Waals surface area contributed by atoms with Crippen molar-refractivity contribution >= 4 is 23.6 Å². The molecule has 0 spiro atoms. The number of nitrogens with zero attached hydrogens (tertiary/aromatic N) is 3. The lowest BCUT2D eigenvalue weighted by Gasteiger charge is -2.29. The molecule has 0 atom stereocenters. The van der Waals surface area contributed by atoms with Crippen molar-refractivity contribution < 1.29 is 14.7 Å². The molecule has 0 saturated carbocycles. The summed E-state index contributed by atoms with van der Waals surface area (Å²) < 4.78 is 1.32. The standard InChI is InChI=1S/C17H17N3O4S/c1-10(21)19-7-5-12-11(8-19)9-20(16(22)14(12)17(23)24)13-4-3-6-18-15(13)25-2/h3-4,6,9H,5,7-8H2,1-2H3,(H,23,24). The first-order valence-corrected chi connectivity index (χ1v) is 8.92. The summed E-state index contributed by atoms with van der Waals surface area (Å²) >= 11 is 1.37. The van der Waals surface area contributed by atoms with Gasteiger partial charge in [-0.25, -0.2) is 9.78 Å². The smallest absolute Gasteiger partial charge is 0.341 e. The summed E-state index contributed by atoms with van der Waals surface area (Å²) in [6, 6.07) is 3.42. The van der Waals surface area contributed by atoms with E-state index < -0.39 is 11.5 Å².